The topological polar surface area (TPSA) is 131 Å². The van der Waals surface area contributed by atoms with Gasteiger partial charge in [0.05, 0.1) is 6.20 Å². The summed E-state index contributed by atoms with van der Waals surface area (Å²) in [5.41, 5.74) is 0.230. The Labute approximate surface area is 113 Å². The van der Waals surface area contributed by atoms with Gasteiger partial charge in [-0.05, 0) is 11.5 Å². The molecule has 0 aliphatic heterocycles. The molecule has 0 fully saturated rings. The van der Waals surface area contributed by atoms with Crippen molar-refractivity contribution in [1.29, 1.82) is 10.7 Å². The van der Waals surface area contributed by atoms with E-state index in [2.05, 4.69) is 15.2 Å². The summed E-state index contributed by atoms with van der Waals surface area (Å²) < 4.78 is 0.498. The van der Waals surface area contributed by atoms with Crippen molar-refractivity contribution < 1.29 is 5.21 Å². The Hall–Kier alpha value is -2.95. The summed E-state index contributed by atoms with van der Waals surface area (Å²) in [6, 6.07) is 3.13. The van der Waals surface area contributed by atoms with Crippen molar-refractivity contribution in [3.05, 3.63) is 39.4 Å². The molecule has 0 aromatic carbocycles. The Morgan fingerprint density at radius 1 is 1.55 bits per heavy atom. The van der Waals surface area contributed by atoms with Gasteiger partial charge in [-0.2, -0.15) is 15.1 Å². The summed E-state index contributed by atoms with van der Waals surface area (Å²) in [6.07, 6.45) is 1.18. The van der Waals surface area contributed by atoms with E-state index < -0.39 is 5.49 Å². The predicted octanol–water partition coefficient (Wildman–Crippen LogP) is 0.345. The van der Waals surface area contributed by atoms with Gasteiger partial charge in [0.1, 0.15) is 17.5 Å². The maximum Gasteiger partial charge on any atom is 0.264 e. The molecule has 0 amide bonds. The molecule has 20 heavy (non-hydrogen) atoms. The van der Waals surface area contributed by atoms with Crippen LogP contribution in [-0.2, 0) is 0 Å². The fourth-order valence-electron chi connectivity index (χ4n) is 1.75. The summed E-state index contributed by atoms with van der Waals surface area (Å²) in [7, 11) is 0. The molecule has 0 atom stereocenters. The highest BCUT2D eigenvalue weighted by molar-refractivity contribution is 5.58. The van der Waals surface area contributed by atoms with Crippen LogP contribution in [0.1, 0.15) is 31.0 Å². The molecule has 0 aliphatic rings. The summed E-state index contributed by atoms with van der Waals surface area (Å²) in [5, 5.41) is 32.2. The van der Waals surface area contributed by atoms with Crippen LogP contribution in [0.3, 0.4) is 0 Å². The van der Waals surface area contributed by atoms with E-state index in [1.807, 2.05) is 13.8 Å². The van der Waals surface area contributed by atoms with E-state index in [-0.39, 0.29) is 22.9 Å². The quantitative estimate of drug-likeness (QED) is 0.678. The first kappa shape index (κ1) is 13.5. The van der Waals surface area contributed by atoms with Crippen molar-refractivity contribution in [2.45, 2.75) is 19.8 Å². The lowest BCUT2D eigenvalue weighted by atomic mass is 10.0. The van der Waals surface area contributed by atoms with Crippen LogP contribution in [0.4, 0.5) is 0 Å². The number of rotatable bonds is 2. The van der Waals surface area contributed by atoms with Crippen LogP contribution in [0.5, 0.6) is 0 Å². The van der Waals surface area contributed by atoms with E-state index in [4.69, 9.17) is 10.7 Å². The normalized spacial score (nSPS) is 10.5. The molecule has 0 saturated heterocycles. The third-order valence-electron chi connectivity index (χ3n) is 2.74. The molecule has 2 aromatic rings. The highest BCUT2D eigenvalue weighted by Crippen LogP contribution is 2.23. The molecule has 8 nitrogen and oxygen atoms in total. The first-order valence-corrected chi connectivity index (χ1v) is 5.81. The van der Waals surface area contributed by atoms with Crippen molar-refractivity contribution in [3.63, 3.8) is 0 Å². The third kappa shape index (κ3) is 2.29. The van der Waals surface area contributed by atoms with Crippen molar-refractivity contribution in [2.24, 2.45) is 0 Å². The molecule has 2 aromatic heterocycles. The van der Waals surface area contributed by atoms with E-state index in [1.54, 1.807) is 6.07 Å². The van der Waals surface area contributed by atoms with Crippen LogP contribution < -0.4 is 11.0 Å². The maximum atomic E-state index is 11.3. The minimum Gasteiger partial charge on any atom is -0.427 e. The molecule has 2 heterocycles. The Kier molecular flexibility index (Phi) is 3.35. The summed E-state index contributed by atoms with van der Waals surface area (Å²) >= 11 is 0. The van der Waals surface area contributed by atoms with Crippen LogP contribution in [0, 0.1) is 16.7 Å². The number of nitrogens with zero attached hydrogens (tertiary/aromatic N) is 4. The van der Waals surface area contributed by atoms with Crippen LogP contribution in [0.15, 0.2) is 17.1 Å². The van der Waals surface area contributed by atoms with Gasteiger partial charge in [-0.25, -0.2) is 10.1 Å². The van der Waals surface area contributed by atoms with Gasteiger partial charge in [0.15, 0.2) is 11.2 Å². The lowest BCUT2D eigenvalue weighted by Gasteiger charge is -2.10. The van der Waals surface area contributed by atoms with Crippen molar-refractivity contribution in [1.82, 2.24) is 19.9 Å². The van der Waals surface area contributed by atoms with E-state index in [9.17, 15) is 10.0 Å². The number of aromatic amines is 1. The SMILES string of the molecule is CC(C)c1cc(=O)[nH]nc1-c1cn(O)c(=N)c(C#N)n1. The summed E-state index contributed by atoms with van der Waals surface area (Å²) in [4.78, 5) is 15.3. The van der Waals surface area contributed by atoms with Gasteiger partial charge in [-0.1, -0.05) is 13.8 Å². The maximum absolute atomic E-state index is 11.3. The number of nitrogens with one attached hydrogen (secondary N) is 2. The first-order valence-electron chi connectivity index (χ1n) is 5.81. The highest BCUT2D eigenvalue weighted by atomic mass is 16.5. The van der Waals surface area contributed by atoms with E-state index >= 15 is 0 Å². The lowest BCUT2D eigenvalue weighted by molar-refractivity contribution is 0.169. The second-order valence-corrected chi connectivity index (χ2v) is 4.47. The zero-order valence-corrected chi connectivity index (χ0v) is 10.9. The van der Waals surface area contributed by atoms with Crippen molar-refractivity contribution >= 4 is 0 Å². The summed E-state index contributed by atoms with van der Waals surface area (Å²) in [5.74, 6) is 0.00922. The van der Waals surface area contributed by atoms with Gasteiger partial charge in [-0.15, -0.1) is 0 Å². The number of hydrogen-bond donors (Lipinski definition) is 3. The second kappa shape index (κ2) is 4.97. The molecule has 0 unspecified atom stereocenters. The molecule has 0 bridgehead atoms. The molecule has 8 heteroatoms. The largest absolute Gasteiger partial charge is 0.427 e. The Bertz CT molecular complexity index is 812. The highest BCUT2D eigenvalue weighted by Gasteiger charge is 2.15. The second-order valence-electron chi connectivity index (χ2n) is 4.47. The molecular weight excluding hydrogens is 260 g/mol. The fraction of sp³-hybridized carbons (Fsp3) is 0.250. The first-order chi connectivity index (χ1) is 9.43. The summed E-state index contributed by atoms with van der Waals surface area (Å²) in [6.45, 7) is 3.77. The monoisotopic (exact) mass is 272 g/mol. The molecule has 0 radical (unpaired) electrons. The average Bonchev–Trinajstić information content (AvgIpc) is 2.41. The van der Waals surface area contributed by atoms with Gasteiger partial charge in [0.2, 0.25) is 0 Å². The van der Waals surface area contributed by atoms with Gasteiger partial charge in [-0.3, -0.25) is 10.2 Å². The fourth-order valence-corrected chi connectivity index (χ4v) is 1.75. The molecule has 0 aliphatic carbocycles. The third-order valence-corrected chi connectivity index (χ3v) is 2.74. The predicted molar refractivity (Wildman–Crippen MR) is 67.9 cm³/mol. The molecule has 102 valence electrons. The number of nitriles is 1. The van der Waals surface area contributed by atoms with E-state index in [0.29, 0.717) is 16.0 Å². The average molecular weight is 272 g/mol. The Balaban J connectivity index is 2.76. The van der Waals surface area contributed by atoms with Crippen LogP contribution in [0.2, 0.25) is 0 Å². The molecule has 2 rings (SSSR count). The van der Waals surface area contributed by atoms with Gasteiger partial charge in [0.25, 0.3) is 5.56 Å². The molecule has 3 N–H and O–H groups in total. The van der Waals surface area contributed by atoms with Crippen LogP contribution >= 0.6 is 0 Å². The minimum absolute atomic E-state index is 0.00922. The Morgan fingerprint density at radius 3 is 2.85 bits per heavy atom. The zero-order chi connectivity index (χ0) is 14.9. The number of H-pyrrole nitrogens is 1. The number of hydrogen-bond acceptors (Lipinski definition) is 6. The van der Waals surface area contributed by atoms with Gasteiger partial charge < -0.3 is 5.21 Å². The minimum atomic E-state index is -0.410. The van der Waals surface area contributed by atoms with Crippen LogP contribution in [0.25, 0.3) is 11.4 Å². The van der Waals surface area contributed by atoms with Gasteiger partial charge in [0, 0.05) is 6.07 Å². The van der Waals surface area contributed by atoms with Crippen molar-refractivity contribution in [3.8, 4) is 17.5 Å². The lowest BCUT2D eigenvalue weighted by Crippen LogP contribution is -2.23. The van der Waals surface area contributed by atoms with Crippen molar-refractivity contribution in [2.75, 3.05) is 0 Å². The molecule has 0 spiro atoms. The Morgan fingerprint density at radius 2 is 2.25 bits per heavy atom. The van der Waals surface area contributed by atoms with E-state index in [1.165, 1.54) is 12.3 Å². The molecule has 0 saturated carbocycles. The zero-order valence-electron chi connectivity index (χ0n) is 10.9. The standard InChI is InChI=1S/C12H12N6O2/c1-6(2)7-3-10(19)16-17-11(7)9-5-18(20)12(14)8(4-13)15-9/h3,5-6,14,20H,1-2H3,(H,16,19). The van der Waals surface area contributed by atoms with E-state index in [0.717, 1.165) is 0 Å². The smallest absolute Gasteiger partial charge is 0.264 e. The van der Waals surface area contributed by atoms with Gasteiger partial charge >= 0.3 is 0 Å². The molecular formula is C12H12N6O2. The van der Waals surface area contributed by atoms with Crippen LogP contribution in [-0.4, -0.2) is 25.1 Å². The number of aromatic nitrogens is 4.